The Morgan fingerprint density at radius 2 is 1.95 bits per heavy atom. The largest absolute Gasteiger partial charge is 0.448 e. The summed E-state index contributed by atoms with van der Waals surface area (Å²) in [6.07, 6.45) is 2.31. The Balaban J connectivity index is 2.15. The molecule has 1 N–H and O–H groups in total. The standard InChI is InChI=1S/C15H25NO3/c1-10(2)6-9-16-11(17)15-8-7-14(5,12(18)19-15)13(15,3)4/h10H,6-9H2,1-5H3,(H,16,17)/t14-,15+/m0/s1. The number of rotatable bonds is 4. The summed E-state index contributed by atoms with van der Waals surface area (Å²) in [4.78, 5) is 24.6. The van der Waals surface area contributed by atoms with Crippen molar-refractivity contribution in [3.8, 4) is 0 Å². The van der Waals surface area contributed by atoms with Crippen molar-refractivity contribution >= 4 is 11.9 Å². The summed E-state index contributed by atoms with van der Waals surface area (Å²) in [6, 6.07) is 0. The SMILES string of the molecule is CC(C)CCNC(=O)[C@@]12CC[C@@](C)(C(=O)O1)C2(C)C. The fourth-order valence-corrected chi connectivity index (χ4v) is 3.36. The van der Waals surface area contributed by atoms with E-state index in [0.29, 0.717) is 18.9 Å². The lowest BCUT2D eigenvalue weighted by molar-refractivity contribution is -0.168. The highest BCUT2D eigenvalue weighted by atomic mass is 16.6. The first-order valence-corrected chi connectivity index (χ1v) is 7.19. The maximum absolute atomic E-state index is 12.5. The maximum Gasteiger partial charge on any atom is 0.313 e. The van der Waals surface area contributed by atoms with Gasteiger partial charge in [0, 0.05) is 12.0 Å². The van der Waals surface area contributed by atoms with Crippen LogP contribution in [0.5, 0.6) is 0 Å². The first kappa shape index (κ1) is 14.4. The fourth-order valence-electron chi connectivity index (χ4n) is 3.36. The molecule has 1 aliphatic carbocycles. The van der Waals surface area contributed by atoms with E-state index in [1.54, 1.807) is 0 Å². The molecule has 1 aliphatic heterocycles. The predicted octanol–water partition coefficient (Wildman–Crippen LogP) is 2.27. The van der Waals surface area contributed by atoms with Gasteiger partial charge in [-0.25, -0.2) is 0 Å². The molecule has 1 heterocycles. The first-order chi connectivity index (χ1) is 8.67. The van der Waals surface area contributed by atoms with Crippen LogP contribution in [0.25, 0.3) is 0 Å². The number of ether oxygens (including phenoxy) is 1. The number of hydrogen-bond acceptors (Lipinski definition) is 3. The van der Waals surface area contributed by atoms with Crippen molar-refractivity contribution in [3.05, 3.63) is 0 Å². The molecular formula is C15H25NO3. The van der Waals surface area contributed by atoms with Crippen molar-refractivity contribution < 1.29 is 14.3 Å². The van der Waals surface area contributed by atoms with Gasteiger partial charge in [0.05, 0.1) is 5.41 Å². The average Bonchev–Trinajstić information content (AvgIpc) is 2.58. The molecule has 0 aromatic carbocycles. The van der Waals surface area contributed by atoms with E-state index in [-0.39, 0.29) is 11.9 Å². The van der Waals surface area contributed by atoms with Crippen molar-refractivity contribution in [1.82, 2.24) is 5.32 Å². The van der Waals surface area contributed by atoms with E-state index in [0.717, 1.165) is 12.8 Å². The molecule has 4 heteroatoms. The topological polar surface area (TPSA) is 55.4 Å². The van der Waals surface area contributed by atoms with Gasteiger partial charge in [-0.15, -0.1) is 0 Å². The molecule has 1 amide bonds. The van der Waals surface area contributed by atoms with Crippen LogP contribution in [-0.2, 0) is 14.3 Å². The monoisotopic (exact) mass is 267 g/mol. The molecule has 2 rings (SSSR count). The molecule has 0 aromatic heterocycles. The number of nitrogens with one attached hydrogen (secondary N) is 1. The lowest BCUT2D eigenvalue weighted by atomic mass is 9.66. The van der Waals surface area contributed by atoms with E-state index >= 15 is 0 Å². The van der Waals surface area contributed by atoms with Gasteiger partial charge in [-0.3, -0.25) is 9.59 Å². The van der Waals surface area contributed by atoms with Gasteiger partial charge < -0.3 is 10.1 Å². The maximum atomic E-state index is 12.5. The zero-order valence-corrected chi connectivity index (χ0v) is 12.6. The highest BCUT2D eigenvalue weighted by Crippen LogP contribution is 2.65. The molecule has 2 bridgehead atoms. The Bertz CT molecular complexity index is 416. The Kier molecular flexibility index (Phi) is 3.19. The lowest BCUT2D eigenvalue weighted by Crippen LogP contribution is -2.53. The molecule has 19 heavy (non-hydrogen) atoms. The second-order valence-corrected chi connectivity index (χ2v) is 7.11. The van der Waals surface area contributed by atoms with Crippen molar-refractivity contribution in [3.63, 3.8) is 0 Å². The third kappa shape index (κ3) is 1.72. The summed E-state index contributed by atoms with van der Waals surface area (Å²) in [6.45, 7) is 10.8. The molecule has 1 saturated carbocycles. The number of carbonyl (C=O) groups is 2. The van der Waals surface area contributed by atoms with Gasteiger partial charge in [0.15, 0.2) is 5.60 Å². The van der Waals surface area contributed by atoms with E-state index in [1.165, 1.54) is 0 Å². The van der Waals surface area contributed by atoms with E-state index < -0.39 is 16.4 Å². The van der Waals surface area contributed by atoms with E-state index in [1.807, 2.05) is 20.8 Å². The van der Waals surface area contributed by atoms with E-state index in [9.17, 15) is 9.59 Å². The molecular weight excluding hydrogens is 242 g/mol. The van der Waals surface area contributed by atoms with Gasteiger partial charge in [-0.2, -0.15) is 0 Å². The van der Waals surface area contributed by atoms with Crippen LogP contribution in [-0.4, -0.2) is 24.0 Å². The summed E-state index contributed by atoms with van der Waals surface area (Å²) < 4.78 is 5.53. The Labute approximate surface area is 115 Å². The van der Waals surface area contributed by atoms with Crippen molar-refractivity contribution in [2.75, 3.05) is 6.54 Å². The number of carbonyl (C=O) groups excluding carboxylic acids is 2. The smallest absolute Gasteiger partial charge is 0.313 e. The quantitative estimate of drug-likeness (QED) is 0.795. The number of fused-ring (bicyclic) bond motifs is 2. The van der Waals surface area contributed by atoms with Gasteiger partial charge in [0.1, 0.15) is 0 Å². The summed E-state index contributed by atoms with van der Waals surface area (Å²) in [5.74, 6) is 0.210. The lowest BCUT2D eigenvalue weighted by Gasteiger charge is -2.35. The van der Waals surface area contributed by atoms with Crippen LogP contribution in [0.4, 0.5) is 0 Å². The third-order valence-corrected chi connectivity index (χ3v) is 5.46. The summed E-state index contributed by atoms with van der Waals surface area (Å²) >= 11 is 0. The van der Waals surface area contributed by atoms with Crippen LogP contribution < -0.4 is 5.32 Å². The Morgan fingerprint density at radius 3 is 2.37 bits per heavy atom. The predicted molar refractivity (Wildman–Crippen MR) is 72.4 cm³/mol. The van der Waals surface area contributed by atoms with Crippen molar-refractivity contribution in [1.29, 1.82) is 0 Å². The van der Waals surface area contributed by atoms with Gasteiger partial charge in [0.25, 0.3) is 5.91 Å². The first-order valence-electron chi connectivity index (χ1n) is 7.19. The minimum atomic E-state index is -0.962. The Hall–Kier alpha value is -1.06. The van der Waals surface area contributed by atoms with E-state index in [2.05, 4.69) is 19.2 Å². The molecule has 1 saturated heterocycles. The number of amides is 1. The molecule has 0 spiro atoms. The normalized spacial score (nSPS) is 35.6. The molecule has 108 valence electrons. The number of esters is 1. The molecule has 2 fully saturated rings. The van der Waals surface area contributed by atoms with Crippen molar-refractivity contribution in [2.45, 2.75) is 59.5 Å². The van der Waals surface area contributed by atoms with Crippen LogP contribution in [0.15, 0.2) is 0 Å². The molecule has 2 atom stereocenters. The van der Waals surface area contributed by atoms with Crippen LogP contribution in [0.2, 0.25) is 0 Å². The number of hydrogen-bond donors (Lipinski definition) is 1. The van der Waals surface area contributed by atoms with Gasteiger partial charge in [-0.1, -0.05) is 27.7 Å². The van der Waals surface area contributed by atoms with Gasteiger partial charge in [-0.05, 0) is 32.1 Å². The Morgan fingerprint density at radius 1 is 1.32 bits per heavy atom. The van der Waals surface area contributed by atoms with Crippen LogP contribution in [0.3, 0.4) is 0 Å². The highest BCUT2D eigenvalue weighted by molar-refractivity contribution is 5.96. The molecule has 4 nitrogen and oxygen atoms in total. The van der Waals surface area contributed by atoms with Crippen LogP contribution >= 0.6 is 0 Å². The summed E-state index contributed by atoms with van der Waals surface area (Å²) in [5, 5.41) is 2.95. The van der Waals surface area contributed by atoms with Gasteiger partial charge >= 0.3 is 5.97 Å². The van der Waals surface area contributed by atoms with Crippen LogP contribution in [0.1, 0.15) is 53.9 Å². The zero-order chi connectivity index (χ0) is 14.5. The molecule has 0 radical (unpaired) electrons. The second kappa shape index (κ2) is 4.22. The van der Waals surface area contributed by atoms with Gasteiger partial charge in [0.2, 0.25) is 0 Å². The summed E-state index contributed by atoms with van der Waals surface area (Å²) in [5.41, 5.74) is -1.93. The highest BCUT2D eigenvalue weighted by Gasteiger charge is 2.75. The molecule has 0 aromatic rings. The average molecular weight is 267 g/mol. The summed E-state index contributed by atoms with van der Waals surface area (Å²) in [7, 11) is 0. The fraction of sp³-hybridized carbons (Fsp3) is 0.867. The van der Waals surface area contributed by atoms with E-state index in [4.69, 9.17) is 4.74 Å². The second-order valence-electron chi connectivity index (χ2n) is 7.11. The third-order valence-electron chi connectivity index (χ3n) is 5.46. The zero-order valence-electron chi connectivity index (χ0n) is 12.6. The van der Waals surface area contributed by atoms with Crippen molar-refractivity contribution in [2.24, 2.45) is 16.7 Å². The van der Waals surface area contributed by atoms with Crippen LogP contribution in [0, 0.1) is 16.7 Å². The minimum Gasteiger partial charge on any atom is -0.448 e. The minimum absolute atomic E-state index is 0.118. The molecule has 0 unspecified atom stereocenters. The molecule has 2 aliphatic rings.